The topological polar surface area (TPSA) is 55.1 Å². The van der Waals surface area contributed by atoms with Gasteiger partial charge in [-0.25, -0.2) is 0 Å². The lowest BCUT2D eigenvalue weighted by Crippen LogP contribution is -2.32. The van der Waals surface area contributed by atoms with E-state index in [0.717, 1.165) is 4.47 Å². The van der Waals surface area contributed by atoms with Gasteiger partial charge in [-0.1, -0.05) is 28.1 Å². The molecule has 0 radical (unpaired) electrons. The SMILES string of the molecule is CC(CC(N)=O)NC(C)c1ccc(Br)cc1. The summed E-state index contributed by atoms with van der Waals surface area (Å²) in [5, 5.41) is 3.33. The van der Waals surface area contributed by atoms with Gasteiger partial charge in [0.25, 0.3) is 0 Å². The maximum absolute atomic E-state index is 10.7. The summed E-state index contributed by atoms with van der Waals surface area (Å²) >= 11 is 3.40. The molecule has 0 aliphatic rings. The molecule has 3 nitrogen and oxygen atoms in total. The molecule has 0 aliphatic heterocycles. The van der Waals surface area contributed by atoms with Crippen LogP contribution in [0.3, 0.4) is 0 Å². The third kappa shape index (κ3) is 4.33. The second kappa shape index (κ2) is 6.01. The van der Waals surface area contributed by atoms with Crippen molar-refractivity contribution in [2.45, 2.75) is 32.4 Å². The van der Waals surface area contributed by atoms with Crippen molar-refractivity contribution in [3.63, 3.8) is 0 Å². The van der Waals surface area contributed by atoms with E-state index >= 15 is 0 Å². The molecule has 1 aromatic rings. The van der Waals surface area contributed by atoms with Crippen LogP contribution in [0.5, 0.6) is 0 Å². The summed E-state index contributed by atoms with van der Waals surface area (Å²) in [6, 6.07) is 8.43. The number of primary amides is 1. The molecule has 1 amide bonds. The molecule has 2 unspecified atom stereocenters. The Labute approximate surface area is 105 Å². The molecule has 16 heavy (non-hydrogen) atoms. The van der Waals surface area contributed by atoms with Gasteiger partial charge in [0.15, 0.2) is 0 Å². The Morgan fingerprint density at radius 3 is 2.44 bits per heavy atom. The third-order valence-corrected chi connectivity index (χ3v) is 2.94. The fourth-order valence-corrected chi connectivity index (χ4v) is 1.90. The Morgan fingerprint density at radius 1 is 1.38 bits per heavy atom. The highest BCUT2D eigenvalue weighted by Gasteiger charge is 2.10. The molecule has 2 atom stereocenters. The summed E-state index contributed by atoms with van der Waals surface area (Å²) in [5.74, 6) is -0.275. The van der Waals surface area contributed by atoms with Crippen molar-refractivity contribution in [3.05, 3.63) is 34.3 Å². The van der Waals surface area contributed by atoms with Gasteiger partial charge in [-0.2, -0.15) is 0 Å². The molecule has 0 heterocycles. The smallest absolute Gasteiger partial charge is 0.218 e. The van der Waals surface area contributed by atoms with Crippen molar-refractivity contribution in [1.82, 2.24) is 5.32 Å². The number of halogens is 1. The van der Waals surface area contributed by atoms with Crippen LogP contribution >= 0.6 is 15.9 Å². The highest BCUT2D eigenvalue weighted by atomic mass is 79.9. The first-order valence-corrected chi connectivity index (χ1v) is 6.08. The first-order valence-electron chi connectivity index (χ1n) is 5.29. The van der Waals surface area contributed by atoms with Crippen LogP contribution in [0.4, 0.5) is 0 Å². The normalized spacial score (nSPS) is 14.4. The lowest BCUT2D eigenvalue weighted by Gasteiger charge is -2.19. The molecule has 1 rings (SSSR count). The van der Waals surface area contributed by atoms with E-state index < -0.39 is 0 Å². The van der Waals surface area contributed by atoms with E-state index in [9.17, 15) is 4.79 Å². The molecule has 0 aliphatic carbocycles. The van der Waals surface area contributed by atoms with Crippen molar-refractivity contribution >= 4 is 21.8 Å². The third-order valence-electron chi connectivity index (χ3n) is 2.41. The second-order valence-corrected chi connectivity index (χ2v) is 4.93. The minimum atomic E-state index is -0.275. The van der Waals surface area contributed by atoms with Crippen molar-refractivity contribution in [1.29, 1.82) is 0 Å². The lowest BCUT2D eigenvalue weighted by atomic mass is 10.1. The van der Waals surface area contributed by atoms with Crippen molar-refractivity contribution in [3.8, 4) is 0 Å². The van der Waals surface area contributed by atoms with Gasteiger partial charge < -0.3 is 11.1 Å². The summed E-state index contributed by atoms with van der Waals surface area (Å²) < 4.78 is 1.06. The van der Waals surface area contributed by atoms with Crippen molar-refractivity contribution in [2.24, 2.45) is 5.73 Å². The van der Waals surface area contributed by atoms with Crippen LogP contribution in [0.1, 0.15) is 31.9 Å². The molecule has 88 valence electrons. The molecular formula is C12H17BrN2O. The van der Waals surface area contributed by atoms with E-state index in [1.54, 1.807) is 0 Å². The van der Waals surface area contributed by atoms with Crippen LogP contribution in [0, 0.1) is 0 Å². The zero-order valence-corrected chi connectivity index (χ0v) is 11.1. The molecule has 0 bridgehead atoms. The highest BCUT2D eigenvalue weighted by molar-refractivity contribution is 9.10. The lowest BCUT2D eigenvalue weighted by molar-refractivity contribution is -0.118. The van der Waals surface area contributed by atoms with Crippen LogP contribution in [-0.4, -0.2) is 11.9 Å². The van der Waals surface area contributed by atoms with Gasteiger partial charge in [0.05, 0.1) is 0 Å². The quantitative estimate of drug-likeness (QED) is 0.872. The number of nitrogens with two attached hydrogens (primary N) is 1. The van der Waals surface area contributed by atoms with Gasteiger partial charge in [-0.15, -0.1) is 0 Å². The zero-order valence-electron chi connectivity index (χ0n) is 9.53. The number of rotatable bonds is 5. The van der Waals surface area contributed by atoms with E-state index in [4.69, 9.17) is 5.73 Å². The molecule has 0 spiro atoms. The number of carbonyl (C=O) groups excluding carboxylic acids is 1. The largest absolute Gasteiger partial charge is 0.370 e. The molecule has 0 saturated heterocycles. The Hall–Kier alpha value is -0.870. The molecule has 0 fully saturated rings. The van der Waals surface area contributed by atoms with E-state index in [-0.39, 0.29) is 18.0 Å². The number of benzene rings is 1. The molecule has 4 heteroatoms. The predicted octanol–water partition coefficient (Wildman–Crippen LogP) is 2.36. The Morgan fingerprint density at radius 2 is 1.94 bits per heavy atom. The van der Waals surface area contributed by atoms with E-state index in [0.29, 0.717) is 6.42 Å². The Balaban J connectivity index is 2.54. The predicted molar refractivity (Wildman–Crippen MR) is 69.0 cm³/mol. The highest BCUT2D eigenvalue weighted by Crippen LogP contribution is 2.17. The monoisotopic (exact) mass is 284 g/mol. The van der Waals surface area contributed by atoms with Crippen LogP contribution in [0.25, 0.3) is 0 Å². The van der Waals surface area contributed by atoms with Gasteiger partial charge >= 0.3 is 0 Å². The van der Waals surface area contributed by atoms with Gasteiger partial charge in [-0.05, 0) is 31.5 Å². The second-order valence-electron chi connectivity index (χ2n) is 4.01. The average molecular weight is 285 g/mol. The molecule has 0 aromatic heterocycles. The zero-order chi connectivity index (χ0) is 12.1. The number of hydrogen-bond acceptors (Lipinski definition) is 2. The van der Waals surface area contributed by atoms with E-state index in [1.807, 2.05) is 19.1 Å². The summed E-state index contributed by atoms with van der Waals surface area (Å²) in [4.78, 5) is 10.7. The fraction of sp³-hybridized carbons (Fsp3) is 0.417. The molecule has 3 N–H and O–H groups in total. The minimum absolute atomic E-state index is 0.0937. The maximum Gasteiger partial charge on any atom is 0.218 e. The first-order chi connectivity index (χ1) is 7.49. The van der Waals surface area contributed by atoms with Gasteiger partial charge in [-0.3, -0.25) is 4.79 Å². The van der Waals surface area contributed by atoms with Gasteiger partial charge in [0, 0.05) is 23.0 Å². The van der Waals surface area contributed by atoms with E-state index in [1.165, 1.54) is 5.56 Å². The van der Waals surface area contributed by atoms with Crippen LogP contribution < -0.4 is 11.1 Å². The minimum Gasteiger partial charge on any atom is -0.370 e. The number of amides is 1. The van der Waals surface area contributed by atoms with Crippen molar-refractivity contribution < 1.29 is 4.79 Å². The fourth-order valence-electron chi connectivity index (χ4n) is 1.64. The summed E-state index contributed by atoms with van der Waals surface area (Å²) in [6.45, 7) is 4.03. The molecular weight excluding hydrogens is 268 g/mol. The standard InChI is InChI=1S/C12H17BrN2O/c1-8(7-12(14)16)15-9(2)10-3-5-11(13)6-4-10/h3-6,8-9,15H,7H2,1-2H3,(H2,14,16). The van der Waals surface area contributed by atoms with Crippen LogP contribution in [-0.2, 0) is 4.79 Å². The number of carbonyl (C=O) groups is 1. The Kier molecular flexibility index (Phi) is 4.96. The van der Waals surface area contributed by atoms with Crippen LogP contribution in [0.15, 0.2) is 28.7 Å². The van der Waals surface area contributed by atoms with Gasteiger partial charge in [0.2, 0.25) is 5.91 Å². The average Bonchev–Trinajstić information content (AvgIpc) is 2.16. The molecule has 0 saturated carbocycles. The van der Waals surface area contributed by atoms with E-state index in [2.05, 4.69) is 40.3 Å². The number of nitrogens with one attached hydrogen (secondary N) is 1. The molecule has 1 aromatic carbocycles. The van der Waals surface area contributed by atoms with Crippen LogP contribution in [0.2, 0.25) is 0 Å². The maximum atomic E-state index is 10.7. The summed E-state index contributed by atoms with van der Waals surface area (Å²) in [5.41, 5.74) is 6.34. The van der Waals surface area contributed by atoms with Gasteiger partial charge in [0.1, 0.15) is 0 Å². The number of hydrogen-bond donors (Lipinski definition) is 2. The summed E-state index contributed by atoms with van der Waals surface area (Å²) in [6.07, 6.45) is 0.362. The van der Waals surface area contributed by atoms with Crippen molar-refractivity contribution in [2.75, 3.05) is 0 Å². The summed E-state index contributed by atoms with van der Waals surface area (Å²) in [7, 11) is 0. The first kappa shape index (κ1) is 13.2. The Bertz CT molecular complexity index is 351.